The molecule has 6 nitrogen and oxygen atoms in total. The molecular formula is C28H54O6. The number of hydrogen-bond donors (Lipinski definition) is 0. The van der Waals surface area contributed by atoms with E-state index in [1.165, 1.54) is 0 Å². The molecule has 6 atom stereocenters. The Morgan fingerprint density at radius 2 is 1.06 bits per heavy atom. The normalized spacial score (nSPS) is 32.7. The van der Waals surface area contributed by atoms with E-state index in [0.29, 0.717) is 26.4 Å². The Morgan fingerprint density at radius 1 is 0.588 bits per heavy atom. The SMILES string of the molecule is CCCCOC1C(OCCCC)C(OCCCC)C2(CCC)OC(C)(C)OC2C1OCCCC. The van der Waals surface area contributed by atoms with Gasteiger partial charge in [0.1, 0.15) is 36.1 Å². The highest BCUT2D eigenvalue weighted by Gasteiger charge is 2.68. The lowest BCUT2D eigenvalue weighted by molar-refractivity contribution is -0.276. The van der Waals surface area contributed by atoms with E-state index in [1.54, 1.807) is 0 Å². The van der Waals surface area contributed by atoms with Crippen LogP contribution in [0, 0.1) is 0 Å². The van der Waals surface area contributed by atoms with E-state index < -0.39 is 11.4 Å². The van der Waals surface area contributed by atoms with Crippen LogP contribution in [-0.4, -0.2) is 68.3 Å². The van der Waals surface area contributed by atoms with Crippen LogP contribution in [-0.2, 0) is 28.4 Å². The van der Waals surface area contributed by atoms with Crippen molar-refractivity contribution in [3.63, 3.8) is 0 Å². The maximum Gasteiger partial charge on any atom is 0.164 e. The van der Waals surface area contributed by atoms with Crippen LogP contribution in [0.15, 0.2) is 0 Å². The topological polar surface area (TPSA) is 55.4 Å². The fourth-order valence-electron chi connectivity index (χ4n) is 5.28. The Labute approximate surface area is 209 Å². The van der Waals surface area contributed by atoms with Crippen molar-refractivity contribution in [2.24, 2.45) is 0 Å². The molecule has 6 heteroatoms. The van der Waals surface area contributed by atoms with Crippen molar-refractivity contribution in [1.82, 2.24) is 0 Å². The maximum absolute atomic E-state index is 6.81. The number of ether oxygens (including phenoxy) is 6. The van der Waals surface area contributed by atoms with Crippen LogP contribution in [0.4, 0.5) is 0 Å². The van der Waals surface area contributed by atoms with Crippen LogP contribution in [0.1, 0.15) is 113 Å². The molecule has 1 saturated heterocycles. The molecule has 0 aromatic heterocycles. The summed E-state index contributed by atoms with van der Waals surface area (Å²) in [7, 11) is 0. The van der Waals surface area contributed by atoms with Crippen LogP contribution in [0.3, 0.4) is 0 Å². The van der Waals surface area contributed by atoms with E-state index >= 15 is 0 Å². The summed E-state index contributed by atoms with van der Waals surface area (Å²) in [5.74, 6) is -0.717. The van der Waals surface area contributed by atoms with E-state index in [1.807, 2.05) is 13.8 Å². The van der Waals surface area contributed by atoms with Gasteiger partial charge in [-0.1, -0.05) is 66.7 Å². The second-order valence-electron chi connectivity index (χ2n) is 10.5. The van der Waals surface area contributed by atoms with Gasteiger partial charge in [-0.05, 0) is 46.0 Å². The van der Waals surface area contributed by atoms with Gasteiger partial charge in [0.25, 0.3) is 0 Å². The molecule has 1 heterocycles. The van der Waals surface area contributed by atoms with Crippen LogP contribution < -0.4 is 0 Å². The molecule has 0 spiro atoms. The van der Waals surface area contributed by atoms with Gasteiger partial charge in [-0.2, -0.15) is 0 Å². The monoisotopic (exact) mass is 486 g/mol. The fourth-order valence-corrected chi connectivity index (χ4v) is 5.28. The number of hydrogen-bond acceptors (Lipinski definition) is 6. The molecule has 1 aliphatic heterocycles. The van der Waals surface area contributed by atoms with Crippen molar-refractivity contribution in [2.45, 2.75) is 155 Å². The first-order chi connectivity index (χ1) is 16.4. The Morgan fingerprint density at radius 3 is 1.56 bits per heavy atom. The third-order valence-corrected chi connectivity index (χ3v) is 6.91. The quantitative estimate of drug-likeness (QED) is 0.208. The van der Waals surface area contributed by atoms with Crippen molar-refractivity contribution >= 4 is 0 Å². The molecule has 0 amide bonds. The second kappa shape index (κ2) is 15.1. The van der Waals surface area contributed by atoms with Gasteiger partial charge in [0.2, 0.25) is 0 Å². The van der Waals surface area contributed by atoms with Gasteiger partial charge in [0.15, 0.2) is 5.79 Å². The van der Waals surface area contributed by atoms with E-state index in [4.69, 9.17) is 28.4 Å². The Hall–Kier alpha value is -0.240. The number of unbranched alkanes of at least 4 members (excludes halogenated alkanes) is 4. The standard InChI is InChI=1S/C28H54O6/c1-8-13-18-29-22-23(30-19-14-9-2)25(32-21-16-11-4)28(17-12-5)26(33-27(6,7)34-28)24(22)31-20-15-10-3/h22-26H,8-21H2,1-7H3. The molecule has 0 radical (unpaired) electrons. The zero-order chi connectivity index (χ0) is 25.0. The van der Waals surface area contributed by atoms with Crippen LogP contribution in [0.5, 0.6) is 0 Å². The third kappa shape index (κ3) is 7.63. The summed E-state index contributed by atoms with van der Waals surface area (Å²) >= 11 is 0. The summed E-state index contributed by atoms with van der Waals surface area (Å²) in [6.45, 7) is 17.7. The van der Waals surface area contributed by atoms with Crippen molar-refractivity contribution in [1.29, 1.82) is 0 Å². The van der Waals surface area contributed by atoms with Crippen molar-refractivity contribution in [2.75, 3.05) is 26.4 Å². The molecule has 2 fully saturated rings. The molecule has 2 rings (SSSR count). The van der Waals surface area contributed by atoms with Crippen molar-refractivity contribution < 1.29 is 28.4 Å². The maximum atomic E-state index is 6.81. The molecule has 0 aromatic rings. The first kappa shape index (κ1) is 30.0. The van der Waals surface area contributed by atoms with Gasteiger partial charge in [-0.3, -0.25) is 0 Å². The molecule has 0 aromatic carbocycles. The van der Waals surface area contributed by atoms with Gasteiger partial charge in [-0.15, -0.1) is 0 Å². The molecule has 0 bridgehead atoms. The van der Waals surface area contributed by atoms with Crippen LogP contribution in [0.25, 0.3) is 0 Å². The summed E-state index contributed by atoms with van der Waals surface area (Å²) in [5.41, 5.74) is -0.621. The van der Waals surface area contributed by atoms with E-state index in [0.717, 1.165) is 64.2 Å². The van der Waals surface area contributed by atoms with Crippen LogP contribution in [0.2, 0.25) is 0 Å². The highest BCUT2D eigenvalue weighted by atomic mass is 16.8. The smallest absolute Gasteiger partial charge is 0.164 e. The summed E-state index contributed by atoms with van der Waals surface area (Å²) in [5, 5.41) is 0. The first-order valence-corrected chi connectivity index (χ1v) is 14.2. The fraction of sp³-hybridized carbons (Fsp3) is 1.00. The van der Waals surface area contributed by atoms with Gasteiger partial charge in [0, 0.05) is 26.4 Å². The molecule has 1 saturated carbocycles. The van der Waals surface area contributed by atoms with Crippen molar-refractivity contribution in [3.8, 4) is 0 Å². The van der Waals surface area contributed by atoms with Crippen LogP contribution >= 0.6 is 0 Å². The number of fused-ring (bicyclic) bond motifs is 1. The molecule has 0 N–H and O–H groups in total. The lowest BCUT2D eigenvalue weighted by atomic mass is 9.72. The lowest BCUT2D eigenvalue weighted by Crippen LogP contribution is -2.71. The minimum Gasteiger partial charge on any atom is -0.373 e. The van der Waals surface area contributed by atoms with Gasteiger partial charge in [0.05, 0.1) is 0 Å². The predicted octanol–water partition coefficient (Wildman–Crippen LogP) is 6.43. The molecule has 2 aliphatic rings. The zero-order valence-corrected chi connectivity index (χ0v) is 23.2. The van der Waals surface area contributed by atoms with Gasteiger partial charge < -0.3 is 28.4 Å². The predicted molar refractivity (Wildman–Crippen MR) is 136 cm³/mol. The average Bonchev–Trinajstić information content (AvgIpc) is 3.08. The average molecular weight is 487 g/mol. The summed E-state index contributed by atoms with van der Waals surface area (Å²) in [4.78, 5) is 0. The Balaban J connectivity index is 2.50. The summed E-state index contributed by atoms with van der Waals surface area (Å²) in [6.07, 6.45) is 8.88. The van der Waals surface area contributed by atoms with E-state index in [2.05, 4.69) is 34.6 Å². The number of rotatable bonds is 18. The highest BCUT2D eigenvalue weighted by Crippen LogP contribution is 2.51. The Kier molecular flexibility index (Phi) is 13.3. The Bertz CT molecular complexity index is 541. The first-order valence-electron chi connectivity index (χ1n) is 14.2. The third-order valence-electron chi connectivity index (χ3n) is 6.91. The minimum absolute atomic E-state index is 0.251. The molecule has 6 unspecified atom stereocenters. The minimum atomic E-state index is -0.717. The molecule has 34 heavy (non-hydrogen) atoms. The summed E-state index contributed by atoms with van der Waals surface area (Å²) in [6, 6.07) is 0. The molecule has 202 valence electrons. The van der Waals surface area contributed by atoms with E-state index in [-0.39, 0.29) is 30.5 Å². The highest BCUT2D eigenvalue weighted by molar-refractivity contribution is 5.15. The second-order valence-corrected chi connectivity index (χ2v) is 10.5. The van der Waals surface area contributed by atoms with Gasteiger partial charge in [-0.25, -0.2) is 0 Å². The molecule has 1 aliphatic carbocycles. The summed E-state index contributed by atoms with van der Waals surface area (Å²) < 4.78 is 39.9. The lowest BCUT2D eigenvalue weighted by Gasteiger charge is -2.53. The van der Waals surface area contributed by atoms with Crippen molar-refractivity contribution in [3.05, 3.63) is 0 Å². The van der Waals surface area contributed by atoms with Gasteiger partial charge >= 0.3 is 0 Å². The van der Waals surface area contributed by atoms with E-state index in [9.17, 15) is 0 Å². The largest absolute Gasteiger partial charge is 0.373 e. The zero-order valence-electron chi connectivity index (χ0n) is 23.2. The molecular weight excluding hydrogens is 432 g/mol.